The third-order valence-corrected chi connectivity index (χ3v) is 2.90. The van der Waals surface area contributed by atoms with Crippen LogP contribution in [0.3, 0.4) is 0 Å². The van der Waals surface area contributed by atoms with E-state index in [1.807, 2.05) is 0 Å². The summed E-state index contributed by atoms with van der Waals surface area (Å²) >= 11 is 0. The molecule has 0 heterocycles. The van der Waals surface area contributed by atoms with Crippen molar-refractivity contribution in [2.45, 2.75) is 25.3 Å². The standard InChI is InChI=1S/C13H15N/c1-3-13(14-4-2)12-9-10-7-5-6-8-11(10)12/h1,5-8,12-14H,4,9H2,2H3. The molecule has 0 aromatic heterocycles. The monoisotopic (exact) mass is 185 g/mol. The molecule has 0 saturated heterocycles. The lowest BCUT2D eigenvalue weighted by Crippen LogP contribution is -2.38. The molecule has 0 fully saturated rings. The van der Waals surface area contributed by atoms with Gasteiger partial charge in [0.15, 0.2) is 0 Å². The fourth-order valence-corrected chi connectivity index (χ4v) is 2.13. The summed E-state index contributed by atoms with van der Waals surface area (Å²) in [5.41, 5.74) is 2.88. The SMILES string of the molecule is C#CC(NCC)C1Cc2ccccc21. The largest absolute Gasteiger partial charge is 0.303 e. The Balaban J connectivity index is 2.14. The lowest BCUT2D eigenvalue weighted by Gasteiger charge is -2.34. The van der Waals surface area contributed by atoms with Gasteiger partial charge in [0.2, 0.25) is 0 Å². The van der Waals surface area contributed by atoms with Crippen molar-refractivity contribution in [3.05, 3.63) is 35.4 Å². The van der Waals surface area contributed by atoms with Crippen LogP contribution < -0.4 is 5.32 Å². The van der Waals surface area contributed by atoms with Gasteiger partial charge in [0.1, 0.15) is 0 Å². The number of hydrogen-bond acceptors (Lipinski definition) is 1. The Labute approximate surface area is 85.5 Å². The normalized spacial score (nSPS) is 20.4. The van der Waals surface area contributed by atoms with E-state index >= 15 is 0 Å². The number of fused-ring (bicyclic) bond motifs is 1. The molecule has 0 amide bonds. The smallest absolute Gasteiger partial charge is 0.0759 e. The maximum Gasteiger partial charge on any atom is 0.0759 e. The van der Waals surface area contributed by atoms with Gasteiger partial charge in [0.25, 0.3) is 0 Å². The molecule has 1 aromatic rings. The van der Waals surface area contributed by atoms with E-state index in [4.69, 9.17) is 6.42 Å². The number of nitrogens with one attached hydrogen (secondary N) is 1. The van der Waals surface area contributed by atoms with Gasteiger partial charge >= 0.3 is 0 Å². The van der Waals surface area contributed by atoms with E-state index in [0.29, 0.717) is 5.92 Å². The Bertz CT molecular complexity index is 362. The van der Waals surface area contributed by atoms with Crippen molar-refractivity contribution in [2.24, 2.45) is 0 Å². The fourth-order valence-electron chi connectivity index (χ4n) is 2.13. The van der Waals surface area contributed by atoms with Crippen LogP contribution in [-0.4, -0.2) is 12.6 Å². The summed E-state index contributed by atoms with van der Waals surface area (Å²) in [6, 6.07) is 8.75. The van der Waals surface area contributed by atoms with Crippen molar-refractivity contribution in [1.82, 2.24) is 5.32 Å². The number of benzene rings is 1. The Kier molecular flexibility index (Phi) is 2.56. The van der Waals surface area contributed by atoms with Crippen molar-refractivity contribution in [2.75, 3.05) is 6.54 Å². The molecule has 2 atom stereocenters. The second-order valence-corrected chi connectivity index (χ2v) is 3.71. The molecular weight excluding hydrogens is 170 g/mol. The number of rotatable bonds is 3. The van der Waals surface area contributed by atoms with E-state index < -0.39 is 0 Å². The summed E-state index contributed by atoms with van der Waals surface area (Å²) in [6.45, 7) is 3.03. The highest BCUT2D eigenvalue weighted by Gasteiger charge is 2.30. The van der Waals surface area contributed by atoms with Crippen molar-refractivity contribution in [3.63, 3.8) is 0 Å². The third-order valence-electron chi connectivity index (χ3n) is 2.90. The second-order valence-electron chi connectivity index (χ2n) is 3.71. The van der Waals surface area contributed by atoms with Crippen LogP contribution in [0.25, 0.3) is 0 Å². The lowest BCUT2D eigenvalue weighted by molar-refractivity contribution is 0.479. The lowest BCUT2D eigenvalue weighted by atomic mass is 9.73. The molecule has 1 aliphatic rings. The highest BCUT2D eigenvalue weighted by Crippen LogP contribution is 2.36. The molecule has 1 aromatic carbocycles. The van der Waals surface area contributed by atoms with Crippen molar-refractivity contribution >= 4 is 0 Å². The maximum absolute atomic E-state index is 5.51. The molecule has 1 heteroatoms. The highest BCUT2D eigenvalue weighted by atomic mass is 14.9. The van der Waals surface area contributed by atoms with E-state index in [9.17, 15) is 0 Å². The fraction of sp³-hybridized carbons (Fsp3) is 0.385. The summed E-state index contributed by atoms with van der Waals surface area (Å²) in [4.78, 5) is 0. The molecule has 2 rings (SSSR count). The van der Waals surface area contributed by atoms with Gasteiger partial charge in [-0.15, -0.1) is 6.42 Å². The van der Waals surface area contributed by atoms with Gasteiger partial charge in [0, 0.05) is 5.92 Å². The van der Waals surface area contributed by atoms with Crippen molar-refractivity contribution in [3.8, 4) is 12.3 Å². The molecule has 0 bridgehead atoms. The van der Waals surface area contributed by atoms with E-state index in [0.717, 1.165) is 13.0 Å². The topological polar surface area (TPSA) is 12.0 Å². The van der Waals surface area contributed by atoms with Gasteiger partial charge in [-0.25, -0.2) is 0 Å². The summed E-state index contributed by atoms with van der Waals surface area (Å²) in [7, 11) is 0. The van der Waals surface area contributed by atoms with E-state index in [-0.39, 0.29) is 6.04 Å². The average molecular weight is 185 g/mol. The number of likely N-dealkylation sites (N-methyl/N-ethyl adjacent to an activating group) is 1. The van der Waals surface area contributed by atoms with Gasteiger partial charge in [-0.05, 0) is 24.1 Å². The molecule has 1 nitrogen and oxygen atoms in total. The Morgan fingerprint density at radius 1 is 1.57 bits per heavy atom. The van der Waals surface area contributed by atoms with Crippen LogP contribution in [-0.2, 0) is 6.42 Å². The van der Waals surface area contributed by atoms with Gasteiger partial charge in [0.05, 0.1) is 6.04 Å². The minimum atomic E-state index is 0.204. The third kappa shape index (κ3) is 1.42. The summed E-state index contributed by atoms with van der Waals surface area (Å²) in [6.07, 6.45) is 6.64. The van der Waals surface area contributed by atoms with Crippen LogP contribution >= 0.6 is 0 Å². The first kappa shape index (κ1) is 9.30. The van der Waals surface area contributed by atoms with E-state index in [1.165, 1.54) is 11.1 Å². The number of hydrogen-bond donors (Lipinski definition) is 1. The number of terminal acetylenes is 1. The maximum atomic E-state index is 5.51. The minimum absolute atomic E-state index is 0.204. The summed E-state index contributed by atoms with van der Waals surface area (Å²) in [5.74, 6) is 3.36. The Morgan fingerprint density at radius 2 is 2.36 bits per heavy atom. The molecule has 0 saturated carbocycles. The molecule has 1 N–H and O–H groups in total. The quantitative estimate of drug-likeness (QED) is 0.710. The molecule has 14 heavy (non-hydrogen) atoms. The Hall–Kier alpha value is -1.26. The zero-order chi connectivity index (χ0) is 9.97. The molecule has 72 valence electrons. The first-order chi connectivity index (χ1) is 6.86. The van der Waals surface area contributed by atoms with Gasteiger partial charge < -0.3 is 5.32 Å². The average Bonchev–Trinajstić information content (AvgIpc) is 2.18. The molecule has 1 aliphatic carbocycles. The van der Waals surface area contributed by atoms with Gasteiger partial charge in [-0.3, -0.25) is 0 Å². The summed E-state index contributed by atoms with van der Waals surface area (Å²) < 4.78 is 0. The van der Waals surface area contributed by atoms with Crippen LogP contribution in [0.15, 0.2) is 24.3 Å². The zero-order valence-electron chi connectivity index (χ0n) is 8.46. The first-order valence-electron chi connectivity index (χ1n) is 5.14. The van der Waals surface area contributed by atoms with Crippen LogP contribution in [0.4, 0.5) is 0 Å². The van der Waals surface area contributed by atoms with E-state index in [2.05, 4.69) is 42.4 Å². The van der Waals surface area contributed by atoms with Gasteiger partial charge in [-0.2, -0.15) is 0 Å². The van der Waals surface area contributed by atoms with E-state index in [1.54, 1.807) is 0 Å². The van der Waals surface area contributed by atoms with Gasteiger partial charge in [-0.1, -0.05) is 37.1 Å². The summed E-state index contributed by atoms with van der Waals surface area (Å²) in [5, 5.41) is 3.34. The minimum Gasteiger partial charge on any atom is -0.303 e. The zero-order valence-corrected chi connectivity index (χ0v) is 8.46. The molecule has 0 spiro atoms. The van der Waals surface area contributed by atoms with Crippen LogP contribution in [0.2, 0.25) is 0 Å². The van der Waals surface area contributed by atoms with Crippen molar-refractivity contribution in [1.29, 1.82) is 0 Å². The van der Waals surface area contributed by atoms with Crippen LogP contribution in [0.1, 0.15) is 24.0 Å². The molecule has 0 aliphatic heterocycles. The molecule has 0 radical (unpaired) electrons. The molecule has 2 unspecified atom stereocenters. The van der Waals surface area contributed by atoms with Crippen LogP contribution in [0, 0.1) is 12.3 Å². The predicted octanol–water partition coefficient (Wildman–Crippen LogP) is 1.94. The highest BCUT2D eigenvalue weighted by molar-refractivity contribution is 5.42. The van der Waals surface area contributed by atoms with Crippen molar-refractivity contribution < 1.29 is 0 Å². The van der Waals surface area contributed by atoms with Crippen LogP contribution in [0.5, 0.6) is 0 Å². The Morgan fingerprint density at radius 3 is 3.00 bits per heavy atom. The predicted molar refractivity (Wildman–Crippen MR) is 59.2 cm³/mol. The second kappa shape index (κ2) is 3.86. The molecular formula is C13H15N. The first-order valence-corrected chi connectivity index (χ1v) is 5.14.